The van der Waals surface area contributed by atoms with E-state index in [0.29, 0.717) is 0 Å². The van der Waals surface area contributed by atoms with Gasteiger partial charge in [-0.25, -0.2) is 4.98 Å². The van der Waals surface area contributed by atoms with Crippen LogP contribution in [0.25, 0.3) is 28.0 Å². The summed E-state index contributed by atoms with van der Waals surface area (Å²) in [6, 6.07) is 21.9. The van der Waals surface area contributed by atoms with Gasteiger partial charge < -0.3 is 14.9 Å². The number of nitrogens with zero attached hydrogens (tertiary/aromatic N) is 6. The predicted octanol–water partition coefficient (Wildman–Crippen LogP) is 7.20. The van der Waals surface area contributed by atoms with E-state index in [4.69, 9.17) is 10.1 Å². The highest BCUT2D eigenvalue weighted by atomic mass is 16.3. The van der Waals surface area contributed by atoms with Gasteiger partial charge in [0.05, 0.1) is 18.0 Å². The summed E-state index contributed by atoms with van der Waals surface area (Å²) in [6.07, 6.45) is 12.7. The van der Waals surface area contributed by atoms with Crippen LogP contribution in [0.2, 0.25) is 0 Å². The lowest BCUT2D eigenvalue weighted by Gasteiger charge is -2.54. The quantitative estimate of drug-likeness (QED) is 0.153. The van der Waals surface area contributed by atoms with Crippen LogP contribution in [-0.2, 0) is 6.42 Å². The number of fused-ring (bicyclic) bond motifs is 1. The van der Waals surface area contributed by atoms with Gasteiger partial charge in [0.1, 0.15) is 5.82 Å². The Balaban J connectivity index is 0.947. The highest BCUT2D eigenvalue weighted by Gasteiger charge is 2.47. The number of aryl methyl sites for hydroxylation is 2. The van der Waals surface area contributed by atoms with Gasteiger partial charge in [0, 0.05) is 49.9 Å². The molecule has 9 rings (SSSR count). The minimum atomic E-state index is 0.206. The van der Waals surface area contributed by atoms with E-state index in [1.165, 1.54) is 43.5 Å². The number of aliphatic hydroxyl groups is 1. The fraction of sp³-hybridized carbons (Fsp3) is 0.571. The minimum absolute atomic E-state index is 0.206. The molecule has 4 saturated carbocycles. The maximum atomic E-state index is 9.48. The van der Waals surface area contributed by atoms with Crippen molar-refractivity contribution in [1.82, 2.24) is 24.4 Å². The van der Waals surface area contributed by atoms with Gasteiger partial charge in [-0.05, 0) is 132 Å². The Bertz CT molecular complexity index is 1680. The highest BCUT2D eigenvalue weighted by Crippen LogP contribution is 2.57. The van der Waals surface area contributed by atoms with Crippen molar-refractivity contribution >= 4 is 11.5 Å². The number of anilines is 1. The molecule has 4 bridgehead atoms. The second-order valence-electron chi connectivity index (χ2n) is 16.0. The van der Waals surface area contributed by atoms with Crippen LogP contribution < -0.4 is 4.90 Å². The number of β-amino-alcohol motifs (C(OH)–C–C–N with tert-alkyl or cyclic N) is 1. The third-order valence-corrected chi connectivity index (χ3v) is 12.7. The van der Waals surface area contributed by atoms with Gasteiger partial charge in [-0.1, -0.05) is 48.5 Å². The van der Waals surface area contributed by atoms with Gasteiger partial charge in [0.2, 0.25) is 0 Å². The molecule has 4 aromatic rings. The Labute approximate surface area is 293 Å². The first-order chi connectivity index (χ1) is 24.0. The molecule has 2 aromatic carbocycles. The molecule has 0 spiro atoms. The van der Waals surface area contributed by atoms with Gasteiger partial charge in [0.25, 0.3) is 0 Å². The minimum Gasteiger partial charge on any atom is -0.395 e. The maximum Gasteiger partial charge on any atom is 0.166 e. The van der Waals surface area contributed by atoms with Crippen LogP contribution in [0.4, 0.5) is 5.82 Å². The summed E-state index contributed by atoms with van der Waals surface area (Å²) in [4.78, 5) is 12.7. The van der Waals surface area contributed by atoms with Crippen LogP contribution in [0, 0.1) is 36.5 Å². The van der Waals surface area contributed by atoms with Gasteiger partial charge >= 0.3 is 0 Å². The number of piperazine rings is 1. The molecule has 0 amide bonds. The Kier molecular flexibility index (Phi) is 9.76. The molecular formula is C42H56N6O. The molecule has 5 fully saturated rings. The van der Waals surface area contributed by atoms with E-state index in [2.05, 4.69) is 93.9 Å². The summed E-state index contributed by atoms with van der Waals surface area (Å²) in [7, 11) is 2.35. The lowest BCUT2D eigenvalue weighted by atomic mass is 9.51. The van der Waals surface area contributed by atoms with E-state index in [0.717, 1.165) is 103 Å². The molecule has 260 valence electrons. The lowest BCUT2D eigenvalue weighted by Crippen LogP contribution is -2.47. The Morgan fingerprint density at radius 2 is 1.55 bits per heavy atom. The summed E-state index contributed by atoms with van der Waals surface area (Å²) < 4.78 is 2.06. The van der Waals surface area contributed by atoms with Gasteiger partial charge in [-0.2, -0.15) is 9.61 Å². The number of hydrogen-bond acceptors (Lipinski definition) is 6. The Morgan fingerprint density at radius 3 is 2.29 bits per heavy atom. The molecule has 0 radical (unpaired) electrons. The first-order valence-electron chi connectivity index (χ1n) is 19.3. The molecule has 3 heterocycles. The van der Waals surface area contributed by atoms with Gasteiger partial charge in [0.15, 0.2) is 5.65 Å². The second-order valence-corrected chi connectivity index (χ2v) is 16.0. The van der Waals surface area contributed by atoms with E-state index in [1.807, 2.05) is 0 Å². The first kappa shape index (κ1) is 32.9. The normalized spacial score (nSPS) is 25.2. The van der Waals surface area contributed by atoms with Crippen molar-refractivity contribution in [1.29, 1.82) is 0 Å². The SMILES string of the molecule is Cc1nn2c(N3CCN(CCO)CC3)cc(-c3cccc(CCCCN(C)CCC4C5CC6CC(C5)CC4C6)c3)nc2c1-c1ccccc1. The molecule has 7 nitrogen and oxygen atoms in total. The van der Waals surface area contributed by atoms with Gasteiger partial charge in [-0.3, -0.25) is 4.90 Å². The summed E-state index contributed by atoms with van der Waals surface area (Å²) in [5.74, 6) is 6.36. The average Bonchev–Trinajstić information content (AvgIpc) is 3.45. The molecule has 4 aliphatic carbocycles. The van der Waals surface area contributed by atoms with Crippen molar-refractivity contribution in [2.24, 2.45) is 29.6 Å². The topological polar surface area (TPSA) is 60.1 Å². The molecule has 0 atom stereocenters. The zero-order chi connectivity index (χ0) is 33.3. The number of aromatic nitrogens is 3. The largest absolute Gasteiger partial charge is 0.395 e. The van der Waals surface area contributed by atoms with Crippen LogP contribution >= 0.6 is 0 Å². The molecule has 1 N–H and O–H groups in total. The van der Waals surface area contributed by atoms with Gasteiger partial charge in [-0.15, -0.1) is 0 Å². The predicted molar refractivity (Wildman–Crippen MR) is 200 cm³/mol. The lowest BCUT2D eigenvalue weighted by molar-refractivity contribution is -0.0419. The number of aliphatic hydroxyl groups excluding tert-OH is 1. The maximum absolute atomic E-state index is 9.48. The standard InChI is InChI=1S/C42H56N6O/c1-30-41(34-11-4-3-5-12-34)42-43-39(29-40(48(42)44-30)47-19-17-46(18-20-47)21-22-49)35-13-8-10-31(24-35)9-6-7-15-45(2)16-14-38-36-25-32-23-33(27-36)28-37(38)26-32/h3-5,8,10-13,24,29,32-33,36-38,49H,6-7,9,14-23,25-28H2,1-2H3. The van der Waals surface area contributed by atoms with Crippen molar-refractivity contribution in [3.63, 3.8) is 0 Å². The monoisotopic (exact) mass is 660 g/mol. The number of unbranched alkanes of at least 4 members (excludes halogenated alkanes) is 1. The summed E-state index contributed by atoms with van der Waals surface area (Å²) in [6.45, 7) is 9.16. The van der Waals surface area contributed by atoms with Crippen molar-refractivity contribution < 1.29 is 5.11 Å². The number of benzene rings is 2. The molecule has 2 aromatic heterocycles. The van der Waals surface area contributed by atoms with E-state index < -0.39 is 0 Å². The van der Waals surface area contributed by atoms with Crippen LogP contribution in [-0.4, -0.2) is 89.0 Å². The third kappa shape index (κ3) is 7.04. The van der Waals surface area contributed by atoms with Crippen molar-refractivity contribution in [3.8, 4) is 22.4 Å². The van der Waals surface area contributed by atoms with Crippen LogP contribution in [0.3, 0.4) is 0 Å². The van der Waals surface area contributed by atoms with E-state index in [-0.39, 0.29) is 6.61 Å². The van der Waals surface area contributed by atoms with Crippen LogP contribution in [0.15, 0.2) is 60.7 Å². The molecule has 0 unspecified atom stereocenters. The molecule has 49 heavy (non-hydrogen) atoms. The molecule has 1 saturated heterocycles. The fourth-order valence-electron chi connectivity index (χ4n) is 10.4. The number of hydrogen-bond donors (Lipinski definition) is 1. The number of rotatable bonds is 13. The molecule has 7 heteroatoms. The van der Waals surface area contributed by atoms with Crippen molar-refractivity contribution in [2.75, 3.05) is 64.4 Å². The smallest absolute Gasteiger partial charge is 0.166 e. The highest BCUT2D eigenvalue weighted by molar-refractivity contribution is 5.83. The summed E-state index contributed by atoms with van der Waals surface area (Å²) in [5.41, 5.74) is 7.72. The molecular weight excluding hydrogens is 605 g/mol. The zero-order valence-corrected chi connectivity index (χ0v) is 29.8. The van der Waals surface area contributed by atoms with E-state index in [9.17, 15) is 5.11 Å². The summed E-state index contributed by atoms with van der Waals surface area (Å²) in [5, 5.41) is 14.5. The zero-order valence-electron chi connectivity index (χ0n) is 29.8. The second kappa shape index (κ2) is 14.5. The molecule has 1 aliphatic heterocycles. The Morgan fingerprint density at radius 1 is 0.816 bits per heavy atom. The first-order valence-corrected chi connectivity index (χ1v) is 19.3. The van der Waals surface area contributed by atoms with E-state index >= 15 is 0 Å². The Hall–Kier alpha value is -3.26. The molecule has 5 aliphatic rings. The fourth-order valence-corrected chi connectivity index (χ4v) is 10.4. The van der Waals surface area contributed by atoms with Crippen molar-refractivity contribution in [2.45, 2.75) is 64.7 Å². The van der Waals surface area contributed by atoms with Crippen LogP contribution in [0.5, 0.6) is 0 Å². The third-order valence-electron chi connectivity index (χ3n) is 12.7. The van der Waals surface area contributed by atoms with E-state index in [1.54, 1.807) is 32.1 Å². The average molecular weight is 661 g/mol. The van der Waals surface area contributed by atoms with Crippen molar-refractivity contribution in [3.05, 3.63) is 71.9 Å². The summed E-state index contributed by atoms with van der Waals surface area (Å²) >= 11 is 0. The van der Waals surface area contributed by atoms with Crippen LogP contribution in [0.1, 0.15) is 62.6 Å².